The lowest BCUT2D eigenvalue weighted by atomic mass is 10.1. The quantitative estimate of drug-likeness (QED) is 0.733. The van der Waals surface area contributed by atoms with Gasteiger partial charge >= 0.3 is 0 Å². The van der Waals surface area contributed by atoms with Crippen molar-refractivity contribution in [3.63, 3.8) is 0 Å². The van der Waals surface area contributed by atoms with Crippen LogP contribution in [0.25, 0.3) is 11.1 Å². The molecular weight excluding hydrogens is 282 g/mol. The SMILES string of the molecule is Nc1nc2c(c(=O)[nH]1)CN(Cc1nc3ccccc3o1)CC2. The maximum absolute atomic E-state index is 12.0. The van der Waals surface area contributed by atoms with Gasteiger partial charge in [-0.15, -0.1) is 0 Å². The maximum Gasteiger partial charge on any atom is 0.257 e. The summed E-state index contributed by atoms with van der Waals surface area (Å²) >= 11 is 0. The molecule has 0 saturated carbocycles. The summed E-state index contributed by atoms with van der Waals surface area (Å²) in [7, 11) is 0. The molecule has 0 amide bonds. The first-order valence-corrected chi connectivity index (χ1v) is 7.13. The van der Waals surface area contributed by atoms with Gasteiger partial charge in [-0.1, -0.05) is 12.1 Å². The number of aromatic amines is 1. The number of hydrogen-bond donors (Lipinski definition) is 2. The van der Waals surface area contributed by atoms with Crippen LogP contribution in [0.5, 0.6) is 0 Å². The van der Waals surface area contributed by atoms with Gasteiger partial charge in [-0.25, -0.2) is 9.97 Å². The van der Waals surface area contributed by atoms with E-state index in [0.717, 1.165) is 23.3 Å². The van der Waals surface area contributed by atoms with Crippen LogP contribution in [-0.4, -0.2) is 26.4 Å². The number of H-pyrrole nitrogens is 1. The molecule has 0 bridgehead atoms. The van der Waals surface area contributed by atoms with Crippen molar-refractivity contribution in [3.8, 4) is 0 Å². The fraction of sp³-hybridized carbons (Fsp3) is 0.267. The number of nitrogens with one attached hydrogen (secondary N) is 1. The Labute approximate surface area is 125 Å². The van der Waals surface area contributed by atoms with E-state index < -0.39 is 0 Å². The summed E-state index contributed by atoms with van der Waals surface area (Å²) in [5.74, 6) is 0.834. The van der Waals surface area contributed by atoms with Gasteiger partial charge in [-0.05, 0) is 12.1 Å². The molecule has 3 aromatic rings. The van der Waals surface area contributed by atoms with Crippen LogP contribution in [0.2, 0.25) is 0 Å². The topological polar surface area (TPSA) is 101 Å². The molecular formula is C15H15N5O2. The minimum Gasteiger partial charge on any atom is -0.439 e. The summed E-state index contributed by atoms with van der Waals surface area (Å²) < 4.78 is 5.73. The van der Waals surface area contributed by atoms with Crippen molar-refractivity contribution < 1.29 is 4.42 Å². The van der Waals surface area contributed by atoms with Crippen LogP contribution in [0.4, 0.5) is 5.95 Å². The summed E-state index contributed by atoms with van der Waals surface area (Å²) in [6.45, 7) is 1.89. The van der Waals surface area contributed by atoms with E-state index in [-0.39, 0.29) is 11.5 Å². The van der Waals surface area contributed by atoms with Crippen molar-refractivity contribution in [1.29, 1.82) is 0 Å². The molecule has 1 aliphatic heterocycles. The van der Waals surface area contributed by atoms with Gasteiger partial charge in [0.25, 0.3) is 5.56 Å². The van der Waals surface area contributed by atoms with Crippen molar-refractivity contribution in [3.05, 3.63) is 51.8 Å². The molecule has 3 N–H and O–H groups in total. The molecule has 4 rings (SSSR count). The number of para-hydroxylation sites is 2. The van der Waals surface area contributed by atoms with Gasteiger partial charge in [0.05, 0.1) is 17.8 Å². The highest BCUT2D eigenvalue weighted by Crippen LogP contribution is 2.19. The summed E-state index contributed by atoms with van der Waals surface area (Å²) in [6.07, 6.45) is 0.698. The van der Waals surface area contributed by atoms with Crippen LogP contribution in [0.15, 0.2) is 33.5 Å². The van der Waals surface area contributed by atoms with Crippen molar-refractivity contribution in [2.24, 2.45) is 0 Å². The van der Waals surface area contributed by atoms with E-state index in [0.29, 0.717) is 31.0 Å². The molecule has 0 spiro atoms. The second-order valence-corrected chi connectivity index (χ2v) is 5.41. The van der Waals surface area contributed by atoms with Gasteiger partial charge in [0.2, 0.25) is 11.8 Å². The van der Waals surface area contributed by atoms with Gasteiger partial charge in [-0.2, -0.15) is 0 Å². The Hall–Kier alpha value is -2.67. The highest BCUT2D eigenvalue weighted by Gasteiger charge is 2.22. The second-order valence-electron chi connectivity index (χ2n) is 5.41. The minimum absolute atomic E-state index is 0.162. The van der Waals surface area contributed by atoms with Crippen molar-refractivity contribution in [2.45, 2.75) is 19.5 Å². The first-order chi connectivity index (χ1) is 10.7. The fourth-order valence-corrected chi connectivity index (χ4v) is 2.81. The van der Waals surface area contributed by atoms with Crippen LogP contribution in [-0.2, 0) is 19.5 Å². The Morgan fingerprint density at radius 3 is 3.05 bits per heavy atom. The van der Waals surface area contributed by atoms with Crippen LogP contribution in [0.3, 0.4) is 0 Å². The lowest BCUT2D eigenvalue weighted by molar-refractivity contribution is 0.220. The molecule has 0 saturated heterocycles. The molecule has 3 heterocycles. The van der Waals surface area contributed by atoms with Crippen molar-refractivity contribution >= 4 is 17.0 Å². The third kappa shape index (κ3) is 2.25. The molecule has 22 heavy (non-hydrogen) atoms. The number of aromatic nitrogens is 3. The fourth-order valence-electron chi connectivity index (χ4n) is 2.81. The zero-order chi connectivity index (χ0) is 15.1. The average Bonchev–Trinajstić information content (AvgIpc) is 2.90. The average molecular weight is 297 g/mol. The van der Waals surface area contributed by atoms with Gasteiger partial charge < -0.3 is 10.2 Å². The summed E-state index contributed by atoms with van der Waals surface area (Å²) in [5.41, 5.74) is 8.51. The van der Waals surface area contributed by atoms with Crippen LogP contribution >= 0.6 is 0 Å². The zero-order valence-corrected chi connectivity index (χ0v) is 11.9. The first kappa shape index (κ1) is 13.0. The Bertz CT molecular complexity index is 865. The summed E-state index contributed by atoms with van der Waals surface area (Å²) in [6, 6.07) is 7.67. The van der Waals surface area contributed by atoms with E-state index in [4.69, 9.17) is 10.2 Å². The Kier molecular flexibility index (Phi) is 2.93. The van der Waals surface area contributed by atoms with Gasteiger partial charge in [-0.3, -0.25) is 14.7 Å². The van der Waals surface area contributed by atoms with Gasteiger partial charge in [0, 0.05) is 19.5 Å². The molecule has 0 radical (unpaired) electrons. The predicted octanol–water partition coefficient (Wildman–Crippen LogP) is 1.05. The van der Waals surface area contributed by atoms with E-state index >= 15 is 0 Å². The van der Waals surface area contributed by atoms with E-state index in [1.807, 2.05) is 24.3 Å². The lowest BCUT2D eigenvalue weighted by Crippen LogP contribution is -2.35. The number of nitrogens with two attached hydrogens (primary N) is 1. The predicted molar refractivity (Wildman–Crippen MR) is 81.1 cm³/mol. The molecule has 112 valence electrons. The Balaban J connectivity index is 1.58. The minimum atomic E-state index is -0.162. The molecule has 2 aromatic heterocycles. The number of anilines is 1. The summed E-state index contributed by atoms with van der Waals surface area (Å²) in [4.78, 5) is 25.3. The number of rotatable bonds is 2. The number of nitrogens with zero attached hydrogens (tertiary/aromatic N) is 3. The Morgan fingerprint density at radius 1 is 1.32 bits per heavy atom. The standard InChI is InChI=1S/C15H15N5O2/c16-15-18-10-5-6-20(7-9(10)14(21)19-15)8-13-17-11-3-1-2-4-12(11)22-13/h1-4H,5-8H2,(H3,16,18,19,21). The molecule has 0 atom stereocenters. The zero-order valence-electron chi connectivity index (χ0n) is 11.9. The maximum atomic E-state index is 12.0. The van der Waals surface area contributed by atoms with E-state index in [2.05, 4.69) is 19.9 Å². The molecule has 0 aliphatic carbocycles. The largest absolute Gasteiger partial charge is 0.439 e. The normalized spacial score (nSPS) is 15.1. The number of benzene rings is 1. The molecule has 0 unspecified atom stereocenters. The Morgan fingerprint density at radius 2 is 2.18 bits per heavy atom. The number of oxazole rings is 1. The smallest absolute Gasteiger partial charge is 0.257 e. The highest BCUT2D eigenvalue weighted by atomic mass is 16.3. The second kappa shape index (κ2) is 4.96. The molecule has 1 aliphatic rings. The number of hydrogen-bond acceptors (Lipinski definition) is 6. The number of fused-ring (bicyclic) bond motifs is 2. The van der Waals surface area contributed by atoms with Gasteiger partial charge in [0.1, 0.15) is 5.52 Å². The first-order valence-electron chi connectivity index (χ1n) is 7.13. The third-order valence-corrected chi connectivity index (χ3v) is 3.86. The molecule has 0 fully saturated rings. The van der Waals surface area contributed by atoms with Crippen molar-refractivity contribution in [1.82, 2.24) is 19.9 Å². The summed E-state index contributed by atoms with van der Waals surface area (Å²) in [5, 5.41) is 0. The van der Waals surface area contributed by atoms with E-state index in [1.165, 1.54) is 0 Å². The van der Waals surface area contributed by atoms with Crippen LogP contribution in [0, 0.1) is 0 Å². The lowest BCUT2D eigenvalue weighted by Gasteiger charge is -2.26. The third-order valence-electron chi connectivity index (χ3n) is 3.86. The van der Waals surface area contributed by atoms with Crippen LogP contribution < -0.4 is 11.3 Å². The highest BCUT2D eigenvalue weighted by molar-refractivity contribution is 5.72. The molecule has 7 heteroatoms. The monoisotopic (exact) mass is 297 g/mol. The number of nitrogen functional groups attached to an aromatic ring is 1. The van der Waals surface area contributed by atoms with Crippen LogP contribution in [0.1, 0.15) is 17.1 Å². The van der Waals surface area contributed by atoms with Gasteiger partial charge in [0.15, 0.2) is 5.58 Å². The van der Waals surface area contributed by atoms with E-state index in [1.54, 1.807) is 0 Å². The molecule has 1 aromatic carbocycles. The van der Waals surface area contributed by atoms with E-state index in [9.17, 15) is 4.79 Å². The molecule has 7 nitrogen and oxygen atoms in total. The van der Waals surface area contributed by atoms with Crippen molar-refractivity contribution in [2.75, 3.05) is 12.3 Å².